The molecule has 1 aromatic carbocycles. The molecule has 3 nitrogen and oxygen atoms in total. The second-order valence-electron chi connectivity index (χ2n) is 4.73. The van der Waals surface area contributed by atoms with E-state index in [0.29, 0.717) is 5.02 Å². The molecule has 0 saturated heterocycles. The summed E-state index contributed by atoms with van der Waals surface area (Å²) in [6.07, 6.45) is 0. The van der Waals surface area contributed by atoms with Crippen LogP contribution in [-0.4, -0.2) is 18.5 Å². The van der Waals surface area contributed by atoms with Crippen molar-refractivity contribution in [2.45, 2.75) is 26.3 Å². The molecule has 0 saturated carbocycles. The van der Waals surface area contributed by atoms with Crippen LogP contribution in [0.15, 0.2) is 12.1 Å². The normalized spacial score (nSPS) is 18.1. The van der Waals surface area contributed by atoms with Gasteiger partial charge in [-0.15, -0.1) is 0 Å². The summed E-state index contributed by atoms with van der Waals surface area (Å²) < 4.78 is 0. The van der Waals surface area contributed by atoms with Crippen molar-refractivity contribution in [2.75, 3.05) is 17.3 Å². The first kappa shape index (κ1) is 11.3. The van der Waals surface area contributed by atoms with Crippen LogP contribution in [0.1, 0.15) is 19.4 Å². The first-order valence-corrected chi connectivity index (χ1v) is 5.57. The maximum atomic E-state index is 12.1. The number of halogens is 1. The number of carbonyl (C=O) groups is 1. The fraction of sp³-hybridized carbons (Fsp3) is 0.417. The van der Waals surface area contributed by atoms with Gasteiger partial charge in [-0.05, 0) is 38.5 Å². The number of fused-ring (bicyclic) bond motifs is 1. The monoisotopic (exact) mass is 238 g/mol. The van der Waals surface area contributed by atoms with Crippen molar-refractivity contribution >= 4 is 28.9 Å². The summed E-state index contributed by atoms with van der Waals surface area (Å²) in [6.45, 7) is 5.69. The van der Waals surface area contributed by atoms with Crippen LogP contribution in [0, 0.1) is 6.92 Å². The predicted molar refractivity (Wildman–Crippen MR) is 67.3 cm³/mol. The molecule has 0 spiro atoms. The van der Waals surface area contributed by atoms with Crippen molar-refractivity contribution < 1.29 is 4.79 Å². The van der Waals surface area contributed by atoms with Crippen molar-refractivity contribution in [2.24, 2.45) is 0 Å². The third kappa shape index (κ3) is 1.55. The van der Waals surface area contributed by atoms with E-state index in [1.165, 1.54) is 0 Å². The topological polar surface area (TPSA) is 32.3 Å². The lowest BCUT2D eigenvalue weighted by molar-refractivity contribution is -0.121. The highest BCUT2D eigenvalue weighted by Crippen LogP contribution is 2.38. The molecule has 0 aliphatic carbocycles. The number of benzene rings is 1. The lowest BCUT2D eigenvalue weighted by Gasteiger charge is -2.39. The van der Waals surface area contributed by atoms with E-state index in [-0.39, 0.29) is 5.91 Å². The summed E-state index contributed by atoms with van der Waals surface area (Å²) in [7, 11) is 1.80. The molecule has 0 radical (unpaired) electrons. The molecule has 1 aliphatic heterocycles. The van der Waals surface area contributed by atoms with E-state index in [1.54, 1.807) is 11.9 Å². The zero-order valence-electron chi connectivity index (χ0n) is 9.89. The Morgan fingerprint density at radius 2 is 2.00 bits per heavy atom. The Labute approximate surface area is 100 Å². The van der Waals surface area contributed by atoms with E-state index in [4.69, 9.17) is 11.6 Å². The number of rotatable bonds is 0. The van der Waals surface area contributed by atoms with Crippen LogP contribution in [0.25, 0.3) is 0 Å². The minimum Gasteiger partial charge on any atom is -0.370 e. The van der Waals surface area contributed by atoms with Gasteiger partial charge in [0.25, 0.3) is 5.91 Å². The van der Waals surface area contributed by atoms with Gasteiger partial charge in [0.05, 0.1) is 11.4 Å². The minimum absolute atomic E-state index is 0.0606. The Morgan fingerprint density at radius 1 is 1.38 bits per heavy atom. The van der Waals surface area contributed by atoms with Crippen molar-refractivity contribution in [3.63, 3.8) is 0 Å². The van der Waals surface area contributed by atoms with Gasteiger partial charge in [-0.2, -0.15) is 0 Å². The van der Waals surface area contributed by atoms with E-state index in [1.807, 2.05) is 32.9 Å². The molecule has 0 unspecified atom stereocenters. The number of hydrogen-bond acceptors (Lipinski definition) is 2. The molecule has 0 aromatic heterocycles. The van der Waals surface area contributed by atoms with E-state index in [9.17, 15) is 4.79 Å². The van der Waals surface area contributed by atoms with E-state index in [2.05, 4.69) is 5.32 Å². The van der Waals surface area contributed by atoms with E-state index < -0.39 is 5.54 Å². The van der Waals surface area contributed by atoms with Gasteiger partial charge in [-0.25, -0.2) is 0 Å². The summed E-state index contributed by atoms with van der Waals surface area (Å²) >= 11 is 6.02. The van der Waals surface area contributed by atoms with Gasteiger partial charge in [0.2, 0.25) is 0 Å². The number of anilines is 2. The minimum atomic E-state index is -0.584. The second kappa shape index (κ2) is 3.39. The van der Waals surface area contributed by atoms with Crippen LogP contribution in [0.4, 0.5) is 11.4 Å². The number of likely N-dealkylation sites (N-methyl/N-ethyl adjacent to an activating group) is 1. The van der Waals surface area contributed by atoms with Crippen LogP contribution < -0.4 is 10.2 Å². The lowest BCUT2D eigenvalue weighted by Crippen LogP contribution is -2.52. The number of aryl methyl sites for hydroxylation is 1. The summed E-state index contributed by atoms with van der Waals surface area (Å²) in [5, 5.41) is 3.91. The molecule has 16 heavy (non-hydrogen) atoms. The summed E-state index contributed by atoms with van der Waals surface area (Å²) in [5.74, 6) is 0.0606. The van der Waals surface area contributed by atoms with E-state index in [0.717, 1.165) is 16.9 Å². The fourth-order valence-electron chi connectivity index (χ4n) is 2.19. The lowest BCUT2D eigenvalue weighted by atomic mass is 9.97. The number of amides is 1. The zero-order valence-corrected chi connectivity index (χ0v) is 10.6. The smallest absolute Gasteiger partial charge is 0.251 e. The Hall–Kier alpha value is -1.22. The molecule has 1 amide bonds. The quantitative estimate of drug-likeness (QED) is 0.754. The molecule has 86 valence electrons. The van der Waals surface area contributed by atoms with Crippen LogP contribution in [0.3, 0.4) is 0 Å². The molecule has 1 aliphatic rings. The molecule has 0 bridgehead atoms. The van der Waals surface area contributed by atoms with Gasteiger partial charge in [0.15, 0.2) is 0 Å². The third-order valence-corrected chi connectivity index (χ3v) is 3.11. The highest BCUT2D eigenvalue weighted by atomic mass is 35.5. The van der Waals surface area contributed by atoms with Gasteiger partial charge >= 0.3 is 0 Å². The van der Waals surface area contributed by atoms with Crippen molar-refractivity contribution in [3.8, 4) is 0 Å². The predicted octanol–water partition coefficient (Wildman–Crippen LogP) is 2.82. The molecule has 1 heterocycles. The first-order valence-electron chi connectivity index (χ1n) is 5.19. The molecule has 2 rings (SSSR count). The Morgan fingerprint density at radius 3 is 2.62 bits per heavy atom. The number of nitrogens with one attached hydrogen (secondary N) is 1. The van der Waals surface area contributed by atoms with Crippen molar-refractivity contribution in [1.29, 1.82) is 0 Å². The Balaban J connectivity index is 2.64. The average molecular weight is 239 g/mol. The molecule has 0 atom stereocenters. The third-order valence-electron chi connectivity index (χ3n) is 2.89. The van der Waals surface area contributed by atoms with Gasteiger partial charge in [0, 0.05) is 12.1 Å². The van der Waals surface area contributed by atoms with Gasteiger partial charge in [-0.1, -0.05) is 11.6 Å². The first-order chi connectivity index (χ1) is 7.33. The summed E-state index contributed by atoms with van der Waals surface area (Å²) in [4.78, 5) is 13.8. The maximum Gasteiger partial charge on any atom is 0.251 e. The number of carbonyl (C=O) groups excluding carboxylic acids is 1. The van der Waals surface area contributed by atoms with Gasteiger partial charge < -0.3 is 10.2 Å². The second-order valence-corrected chi connectivity index (χ2v) is 5.17. The largest absolute Gasteiger partial charge is 0.370 e. The Bertz CT molecular complexity index is 468. The van der Waals surface area contributed by atoms with Crippen molar-refractivity contribution in [1.82, 2.24) is 0 Å². The molecular formula is C12H15ClN2O. The fourth-order valence-corrected chi connectivity index (χ4v) is 2.46. The van der Waals surface area contributed by atoms with Crippen LogP contribution >= 0.6 is 11.6 Å². The number of hydrogen-bond donors (Lipinski definition) is 1. The summed E-state index contributed by atoms with van der Waals surface area (Å²) in [5.41, 5.74) is 2.24. The standard InChI is InChI=1S/C12H15ClN2O/c1-7-5-8(13)6-9-10(7)15(4)11(16)12(2,3)14-9/h5-6,14H,1-4H3. The highest BCUT2D eigenvalue weighted by Gasteiger charge is 2.37. The molecule has 4 heteroatoms. The average Bonchev–Trinajstić information content (AvgIpc) is 2.12. The van der Waals surface area contributed by atoms with Crippen molar-refractivity contribution in [3.05, 3.63) is 22.7 Å². The molecule has 1 N–H and O–H groups in total. The maximum absolute atomic E-state index is 12.1. The van der Waals surface area contributed by atoms with E-state index >= 15 is 0 Å². The van der Waals surface area contributed by atoms with Gasteiger partial charge in [-0.3, -0.25) is 4.79 Å². The van der Waals surface area contributed by atoms with Crippen LogP contribution in [0.5, 0.6) is 0 Å². The Kier molecular flexibility index (Phi) is 2.39. The highest BCUT2D eigenvalue weighted by molar-refractivity contribution is 6.31. The van der Waals surface area contributed by atoms with Gasteiger partial charge in [0.1, 0.15) is 5.54 Å². The zero-order chi connectivity index (χ0) is 12.1. The molecular weight excluding hydrogens is 224 g/mol. The van der Waals surface area contributed by atoms with Crippen LogP contribution in [-0.2, 0) is 4.79 Å². The number of nitrogens with zero attached hydrogens (tertiary/aromatic N) is 1. The SMILES string of the molecule is Cc1cc(Cl)cc2c1N(C)C(=O)C(C)(C)N2. The molecule has 1 aromatic rings. The van der Waals surface area contributed by atoms with Crippen LogP contribution in [0.2, 0.25) is 5.02 Å². The summed E-state index contributed by atoms with van der Waals surface area (Å²) in [6, 6.07) is 3.72. The molecule has 0 fully saturated rings.